The Balaban J connectivity index is 1.74. The van der Waals surface area contributed by atoms with Crippen molar-refractivity contribution in [3.05, 3.63) is 45.0 Å². The molecule has 0 saturated carbocycles. The number of furan rings is 1. The first-order valence-corrected chi connectivity index (χ1v) is 11.1. The van der Waals surface area contributed by atoms with Gasteiger partial charge in [0.15, 0.2) is 5.16 Å². The maximum atomic E-state index is 13.4. The lowest BCUT2D eigenvalue weighted by molar-refractivity contribution is -0.117. The van der Waals surface area contributed by atoms with Gasteiger partial charge in [-0.1, -0.05) is 11.8 Å². The number of ketones is 1. The van der Waals surface area contributed by atoms with Gasteiger partial charge in [0.25, 0.3) is 5.56 Å². The fraction of sp³-hybridized carbons (Fsp3) is 0.450. The van der Waals surface area contributed by atoms with Crippen LogP contribution in [0.4, 0.5) is 0 Å². The van der Waals surface area contributed by atoms with Crippen molar-refractivity contribution < 1.29 is 9.21 Å². The molecule has 0 amide bonds. The fourth-order valence-corrected chi connectivity index (χ4v) is 5.75. The smallest absolute Gasteiger partial charge is 0.263 e. The highest BCUT2D eigenvalue weighted by Crippen LogP contribution is 2.34. The van der Waals surface area contributed by atoms with E-state index in [1.54, 1.807) is 40.9 Å². The highest BCUT2D eigenvalue weighted by atomic mass is 32.2. The van der Waals surface area contributed by atoms with Gasteiger partial charge < -0.3 is 9.21 Å². The summed E-state index contributed by atoms with van der Waals surface area (Å²) in [5.41, 5.74) is 1.24. The van der Waals surface area contributed by atoms with Gasteiger partial charge in [-0.2, -0.15) is 0 Å². The minimum absolute atomic E-state index is 0.0323. The monoisotopic (exact) mass is 402 g/mol. The van der Waals surface area contributed by atoms with Gasteiger partial charge in [-0.25, -0.2) is 4.98 Å². The van der Waals surface area contributed by atoms with E-state index in [1.807, 2.05) is 12.1 Å². The Bertz CT molecular complexity index is 1020. The van der Waals surface area contributed by atoms with E-state index in [0.717, 1.165) is 47.4 Å². The average Bonchev–Trinajstić information content (AvgIpc) is 3.28. The minimum Gasteiger partial charge on any atom is -0.467 e. The summed E-state index contributed by atoms with van der Waals surface area (Å²) in [5.74, 6) is 1.70. The maximum Gasteiger partial charge on any atom is 0.263 e. The van der Waals surface area contributed by atoms with Crippen molar-refractivity contribution in [2.24, 2.45) is 0 Å². The average molecular weight is 403 g/mol. The molecule has 0 spiro atoms. The molecule has 0 bridgehead atoms. The lowest BCUT2D eigenvalue weighted by Gasteiger charge is -2.12. The zero-order valence-electron chi connectivity index (χ0n) is 15.3. The van der Waals surface area contributed by atoms with E-state index >= 15 is 0 Å². The second kappa shape index (κ2) is 8.02. The predicted octanol–water partition coefficient (Wildman–Crippen LogP) is 4.44. The van der Waals surface area contributed by atoms with Crippen molar-refractivity contribution in [2.45, 2.75) is 57.1 Å². The van der Waals surface area contributed by atoms with Crippen molar-refractivity contribution in [3.63, 3.8) is 0 Å². The first-order valence-electron chi connectivity index (χ1n) is 9.33. The van der Waals surface area contributed by atoms with Crippen LogP contribution < -0.4 is 5.56 Å². The fourth-order valence-electron chi connectivity index (χ4n) is 3.51. The summed E-state index contributed by atoms with van der Waals surface area (Å²) in [4.78, 5) is 31.6. The van der Waals surface area contributed by atoms with Crippen LogP contribution in [0.25, 0.3) is 10.2 Å². The Kier molecular flexibility index (Phi) is 5.50. The first-order chi connectivity index (χ1) is 13.1. The van der Waals surface area contributed by atoms with Gasteiger partial charge in [-0.05, 0) is 56.7 Å². The molecule has 7 heteroatoms. The Morgan fingerprint density at radius 3 is 3.00 bits per heavy atom. The minimum atomic E-state index is 0.0323. The van der Waals surface area contributed by atoms with Crippen LogP contribution in [0.2, 0.25) is 0 Å². The highest BCUT2D eigenvalue weighted by molar-refractivity contribution is 7.99. The summed E-state index contributed by atoms with van der Waals surface area (Å²) < 4.78 is 7.21. The van der Waals surface area contributed by atoms with Crippen molar-refractivity contribution in [2.75, 3.05) is 5.75 Å². The zero-order chi connectivity index (χ0) is 18.8. The van der Waals surface area contributed by atoms with Crippen molar-refractivity contribution >= 4 is 39.1 Å². The zero-order valence-corrected chi connectivity index (χ0v) is 17.0. The van der Waals surface area contributed by atoms with Gasteiger partial charge in [-0.3, -0.25) is 9.36 Å². The normalized spacial score (nSPS) is 13.8. The second-order valence-electron chi connectivity index (χ2n) is 6.91. The molecule has 4 rings (SSSR count). The number of aromatic nitrogens is 2. The number of Topliss-reactive ketones (excluding diaryl/α,β-unsaturated/α-hetero) is 1. The van der Waals surface area contributed by atoms with Crippen molar-refractivity contribution in [1.29, 1.82) is 0 Å². The Labute approximate surface area is 165 Å². The second-order valence-corrected chi connectivity index (χ2v) is 9.06. The van der Waals surface area contributed by atoms with Crippen LogP contribution in [-0.4, -0.2) is 21.1 Å². The summed E-state index contributed by atoms with van der Waals surface area (Å²) in [6.45, 7) is 1.99. The molecule has 5 nitrogen and oxygen atoms in total. The van der Waals surface area contributed by atoms with E-state index in [-0.39, 0.29) is 11.3 Å². The van der Waals surface area contributed by atoms with E-state index in [2.05, 4.69) is 0 Å². The molecular weight excluding hydrogens is 380 g/mol. The van der Waals surface area contributed by atoms with E-state index < -0.39 is 0 Å². The number of carbonyl (C=O) groups is 1. The van der Waals surface area contributed by atoms with Gasteiger partial charge in [0.2, 0.25) is 0 Å². The number of hydrogen-bond donors (Lipinski definition) is 0. The molecule has 3 aromatic heterocycles. The summed E-state index contributed by atoms with van der Waals surface area (Å²) in [5, 5.41) is 1.51. The first kappa shape index (κ1) is 18.5. The largest absolute Gasteiger partial charge is 0.467 e. The molecule has 3 heterocycles. The molecule has 1 aliphatic carbocycles. The highest BCUT2D eigenvalue weighted by Gasteiger charge is 2.22. The molecule has 3 aromatic rings. The summed E-state index contributed by atoms with van der Waals surface area (Å²) >= 11 is 3.22. The van der Waals surface area contributed by atoms with Crippen LogP contribution in [0, 0.1) is 0 Å². The maximum absolute atomic E-state index is 13.4. The number of carbonyl (C=O) groups excluding carboxylic acids is 1. The van der Waals surface area contributed by atoms with E-state index in [0.29, 0.717) is 18.1 Å². The number of rotatable bonds is 7. The number of hydrogen-bond acceptors (Lipinski definition) is 6. The number of fused-ring (bicyclic) bond motifs is 3. The van der Waals surface area contributed by atoms with Crippen LogP contribution in [0.1, 0.15) is 48.8 Å². The van der Waals surface area contributed by atoms with Gasteiger partial charge in [0, 0.05) is 17.1 Å². The number of thiophene rings is 1. The van der Waals surface area contributed by atoms with E-state index in [4.69, 9.17) is 9.40 Å². The molecule has 0 fully saturated rings. The van der Waals surface area contributed by atoms with Crippen LogP contribution >= 0.6 is 23.1 Å². The van der Waals surface area contributed by atoms with E-state index in [9.17, 15) is 9.59 Å². The Morgan fingerprint density at radius 1 is 1.37 bits per heavy atom. The Hall–Kier alpha value is -1.86. The molecular formula is C20H22N2O3S2. The molecule has 0 atom stereocenters. The van der Waals surface area contributed by atoms with Crippen LogP contribution in [0.5, 0.6) is 0 Å². The topological polar surface area (TPSA) is 65.1 Å². The number of aryl methyl sites for hydroxylation is 2. The SMILES string of the molecule is CC(=O)CCCSc1nc2sc3c(c2c(=O)n1Cc1ccco1)CCCC3. The third kappa shape index (κ3) is 3.89. The quantitative estimate of drug-likeness (QED) is 0.332. The molecule has 0 saturated heterocycles. The van der Waals surface area contributed by atoms with Crippen LogP contribution in [0.15, 0.2) is 32.8 Å². The summed E-state index contributed by atoms with van der Waals surface area (Å²) in [6.07, 6.45) is 7.32. The summed E-state index contributed by atoms with van der Waals surface area (Å²) in [6, 6.07) is 3.71. The summed E-state index contributed by atoms with van der Waals surface area (Å²) in [7, 11) is 0. The molecule has 0 radical (unpaired) electrons. The van der Waals surface area contributed by atoms with Crippen molar-refractivity contribution in [3.8, 4) is 0 Å². The molecule has 0 aliphatic heterocycles. The van der Waals surface area contributed by atoms with Crippen LogP contribution in [0.3, 0.4) is 0 Å². The molecule has 0 unspecified atom stereocenters. The molecule has 0 N–H and O–H groups in total. The number of nitrogens with zero attached hydrogens (tertiary/aromatic N) is 2. The molecule has 142 valence electrons. The predicted molar refractivity (Wildman–Crippen MR) is 109 cm³/mol. The molecule has 0 aromatic carbocycles. The lowest BCUT2D eigenvalue weighted by atomic mass is 9.97. The van der Waals surface area contributed by atoms with Gasteiger partial charge in [-0.15, -0.1) is 11.3 Å². The van der Waals surface area contributed by atoms with Gasteiger partial charge >= 0.3 is 0 Å². The van der Waals surface area contributed by atoms with Gasteiger partial charge in [0.1, 0.15) is 16.4 Å². The molecule has 1 aliphatic rings. The lowest BCUT2D eigenvalue weighted by Crippen LogP contribution is -2.24. The standard InChI is InChI=1S/C20H22N2O3S2/c1-13(23)6-5-11-26-20-21-18-17(15-8-2-3-9-16(15)27-18)19(24)22(20)12-14-7-4-10-25-14/h4,7,10H,2-3,5-6,8-9,11-12H2,1H3. The number of thioether (sulfide) groups is 1. The van der Waals surface area contributed by atoms with Gasteiger partial charge in [0.05, 0.1) is 18.2 Å². The Morgan fingerprint density at radius 2 is 2.22 bits per heavy atom. The molecule has 27 heavy (non-hydrogen) atoms. The van der Waals surface area contributed by atoms with E-state index in [1.165, 1.54) is 16.9 Å². The third-order valence-corrected chi connectivity index (χ3v) is 7.09. The van der Waals surface area contributed by atoms with Crippen molar-refractivity contribution in [1.82, 2.24) is 9.55 Å². The van der Waals surface area contributed by atoms with Crippen LogP contribution in [-0.2, 0) is 24.2 Å². The third-order valence-electron chi connectivity index (χ3n) is 4.84.